The van der Waals surface area contributed by atoms with Crippen LogP contribution in [0.15, 0.2) is 28.7 Å². The summed E-state index contributed by atoms with van der Waals surface area (Å²) in [6.45, 7) is 1.81. The molecule has 1 fully saturated rings. The minimum atomic E-state index is -0.341. The van der Waals surface area contributed by atoms with Crippen molar-refractivity contribution < 1.29 is 8.81 Å². The molecule has 1 aliphatic rings. The lowest BCUT2D eigenvalue weighted by Crippen LogP contribution is -2.08. The average Bonchev–Trinajstić information content (AvgIpc) is 3.00. The molecule has 2 aromatic rings. The zero-order valence-corrected chi connectivity index (χ0v) is 9.19. The maximum atomic E-state index is 13.5. The molecule has 0 spiro atoms. The van der Waals surface area contributed by atoms with Crippen LogP contribution in [0.5, 0.6) is 0 Å². The summed E-state index contributed by atoms with van der Waals surface area (Å²) < 4.78 is 19.1. The van der Waals surface area contributed by atoms with E-state index < -0.39 is 0 Å². The SMILES string of the molecule is Fc1ccccc1-c1nnc(C2CCNC2)o1. The van der Waals surface area contributed by atoms with Gasteiger partial charge in [-0.05, 0) is 25.1 Å². The first-order valence-electron chi connectivity index (χ1n) is 5.63. The quantitative estimate of drug-likeness (QED) is 0.861. The maximum Gasteiger partial charge on any atom is 0.250 e. The fourth-order valence-corrected chi connectivity index (χ4v) is 2.01. The van der Waals surface area contributed by atoms with Crippen LogP contribution in [-0.2, 0) is 0 Å². The van der Waals surface area contributed by atoms with E-state index >= 15 is 0 Å². The Kier molecular flexibility index (Phi) is 2.60. The van der Waals surface area contributed by atoms with E-state index in [1.807, 2.05) is 0 Å². The largest absolute Gasteiger partial charge is 0.420 e. The van der Waals surface area contributed by atoms with Crippen molar-refractivity contribution in [1.82, 2.24) is 15.5 Å². The van der Waals surface area contributed by atoms with Gasteiger partial charge >= 0.3 is 0 Å². The van der Waals surface area contributed by atoms with Crippen LogP contribution in [0.4, 0.5) is 4.39 Å². The van der Waals surface area contributed by atoms with E-state index in [0.29, 0.717) is 11.5 Å². The summed E-state index contributed by atoms with van der Waals surface area (Å²) in [6.07, 6.45) is 0.985. The Morgan fingerprint density at radius 3 is 2.94 bits per heavy atom. The highest BCUT2D eigenvalue weighted by atomic mass is 19.1. The van der Waals surface area contributed by atoms with Crippen molar-refractivity contribution in [1.29, 1.82) is 0 Å². The molecule has 0 bridgehead atoms. The third-order valence-corrected chi connectivity index (χ3v) is 2.95. The van der Waals surface area contributed by atoms with Gasteiger partial charge < -0.3 is 9.73 Å². The number of nitrogens with zero attached hydrogens (tertiary/aromatic N) is 2. The molecule has 1 atom stereocenters. The van der Waals surface area contributed by atoms with Gasteiger partial charge in [0.15, 0.2) is 0 Å². The molecular weight excluding hydrogens is 221 g/mol. The molecule has 1 N–H and O–H groups in total. The van der Waals surface area contributed by atoms with E-state index in [1.165, 1.54) is 6.07 Å². The number of hydrogen-bond donors (Lipinski definition) is 1. The first-order valence-corrected chi connectivity index (χ1v) is 5.63. The van der Waals surface area contributed by atoms with Gasteiger partial charge in [0.2, 0.25) is 5.89 Å². The highest BCUT2D eigenvalue weighted by Crippen LogP contribution is 2.26. The second kappa shape index (κ2) is 4.25. The van der Waals surface area contributed by atoms with E-state index in [2.05, 4.69) is 15.5 Å². The molecule has 0 saturated carbocycles. The molecule has 0 amide bonds. The highest BCUT2D eigenvalue weighted by Gasteiger charge is 2.23. The Labute approximate surface area is 97.9 Å². The first-order chi connectivity index (χ1) is 8.34. The van der Waals surface area contributed by atoms with Crippen molar-refractivity contribution in [3.63, 3.8) is 0 Å². The van der Waals surface area contributed by atoms with E-state index in [9.17, 15) is 4.39 Å². The molecule has 2 heterocycles. The standard InChI is InChI=1S/C12H12FN3O/c13-10-4-2-1-3-9(10)12-16-15-11(17-12)8-5-6-14-7-8/h1-4,8,14H,5-7H2. The Balaban J connectivity index is 1.92. The molecule has 4 nitrogen and oxygen atoms in total. The number of benzene rings is 1. The van der Waals surface area contributed by atoms with Gasteiger partial charge in [-0.3, -0.25) is 0 Å². The van der Waals surface area contributed by atoms with Gasteiger partial charge in [0, 0.05) is 6.54 Å². The summed E-state index contributed by atoms with van der Waals surface area (Å²) in [7, 11) is 0. The molecule has 3 rings (SSSR count). The Morgan fingerprint density at radius 2 is 2.18 bits per heavy atom. The summed E-state index contributed by atoms with van der Waals surface area (Å²) in [5, 5.41) is 11.1. The van der Waals surface area contributed by atoms with Gasteiger partial charge in [-0.15, -0.1) is 10.2 Å². The topological polar surface area (TPSA) is 51.0 Å². The van der Waals surface area contributed by atoms with E-state index in [4.69, 9.17) is 4.42 Å². The van der Waals surface area contributed by atoms with Crippen LogP contribution in [-0.4, -0.2) is 23.3 Å². The van der Waals surface area contributed by atoms with E-state index in [1.54, 1.807) is 18.2 Å². The van der Waals surface area contributed by atoms with Gasteiger partial charge in [-0.1, -0.05) is 12.1 Å². The van der Waals surface area contributed by atoms with Crippen LogP contribution in [0.25, 0.3) is 11.5 Å². The molecular formula is C12H12FN3O. The number of hydrogen-bond acceptors (Lipinski definition) is 4. The molecule has 0 aliphatic carbocycles. The van der Waals surface area contributed by atoms with Crippen molar-refractivity contribution in [2.75, 3.05) is 13.1 Å². The smallest absolute Gasteiger partial charge is 0.250 e. The summed E-state index contributed by atoms with van der Waals surface area (Å²) in [6, 6.07) is 6.41. The van der Waals surface area contributed by atoms with Crippen LogP contribution in [0.1, 0.15) is 18.2 Å². The molecule has 5 heteroatoms. The van der Waals surface area contributed by atoms with Crippen LogP contribution in [0, 0.1) is 5.82 Å². The molecule has 1 aliphatic heterocycles. The van der Waals surface area contributed by atoms with Crippen LogP contribution in [0.2, 0.25) is 0 Å². The summed E-state index contributed by atoms with van der Waals surface area (Å²) in [5.74, 6) is 0.758. The molecule has 1 aromatic heterocycles. The second-order valence-corrected chi connectivity index (χ2v) is 4.12. The minimum Gasteiger partial charge on any atom is -0.420 e. The number of rotatable bonds is 2. The minimum absolute atomic E-state index is 0.253. The Morgan fingerprint density at radius 1 is 1.29 bits per heavy atom. The molecule has 88 valence electrons. The lowest BCUT2D eigenvalue weighted by atomic mass is 10.1. The third-order valence-electron chi connectivity index (χ3n) is 2.95. The van der Waals surface area contributed by atoms with Crippen molar-refractivity contribution in [2.24, 2.45) is 0 Å². The van der Waals surface area contributed by atoms with Crippen molar-refractivity contribution in [3.8, 4) is 11.5 Å². The Bertz CT molecular complexity index is 520. The zero-order valence-electron chi connectivity index (χ0n) is 9.19. The first kappa shape index (κ1) is 10.4. The van der Waals surface area contributed by atoms with Gasteiger partial charge in [-0.25, -0.2) is 4.39 Å². The summed E-state index contributed by atoms with van der Waals surface area (Å²) in [4.78, 5) is 0. The normalized spacial score (nSPS) is 19.7. The fourth-order valence-electron chi connectivity index (χ4n) is 2.01. The molecule has 1 aromatic carbocycles. The van der Waals surface area contributed by atoms with Crippen molar-refractivity contribution >= 4 is 0 Å². The van der Waals surface area contributed by atoms with Gasteiger partial charge in [0.1, 0.15) is 5.82 Å². The number of halogens is 1. The van der Waals surface area contributed by atoms with Crippen LogP contribution in [0.3, 0.4) is 0 Å². The molecule has 0 radical (unpaired) electrons. The molecule has 1 unspecified atom stereocenters. The van der Waals surface area contributed by atoms with Gasteiger partial charge in [0.05, 0.1) is 11.5 Å². The summed E-state index contributed by atoms with van der Waals surface area (Å²) in [5.41, 5.74) is 0.359. The lowest BCUT2D eigenvalue weighted by Gasteiger charge is -2.00. The van der Waals surface area contributed by atoms with Crippen LogP contribution >= 0.6 is 0 Å². The maximum absolute atomic E-state index is 13.5. The molecule has 17 heavy (non-hydrogen) atoms. The fraction of sp³-hybridized carbons (Fsp3) is 0.333. The third kappa shape index (κ3) is 1.93. The van der Waals surface area contributed by atoms with E-state index in [-0.39, 0.29) is 17.6 Å². The monoisotopic (exact) mass is 233 g/mol. The average molecular weight is 233 g/mol. The highest BCUT2D eigenvalue weighted by molar-refractivity contribution is 5.53. The molecule has 1 saturated heterocycles. The number of nitrogens with one attached hydrogen (secondary N) is 1. The Hall–Kier alpha value is -1.75. The predicted octanol–water partition coefficient (Wildman–Crippen LogP) is 1.95. The van der Waals surface area contributed by atoms with Crippen molar-refractivity contribution in [2.45, 2.75) is 12.3 Å². The van der Waals surface area contributed by atoms with Crippen molar-refractivity contribution in [3.05, 3.63) is 36.0 Å². The zero-order chi connectivity index (χ0) is 11.7. The van der Waals surface area contributed by atoms with Gasteiger partial charge in [-0.2, -0.15) is 0 Å². The second-order valence-electron chi connectivity index (χ2n) is 4.12. The summed E-state index contributed by atoms with van der Waals surface area (Å²) >= 11 is 0. The number of aromatic nitrogens is 2. The van der Waals surface area contributed by atoms with Gasteiger partial charge in [0.25, 0.3) is 5.89 Å². The lowest BCUT2D eigenvalue weighted by molar-refractivity contribution is 0.464. The van der Waals surface area contributed by atoms with Crippen LogP contribution < -0.4 is 5.32 Å². The van der Waals surface area contributed by atoms with E-state index in [0.717, 1.165) is 19.5 Å². The predicted molar refractivity (Wildman–Crippen MR) is 59.9 cm³/mol.